The largest absolute Gasteiger partial charge is 0.399 e. The summed E-state index contributed by atoms with van der Waals surface area (Å²) in [4.78, 5) is 7.66. The second kappa shape index (κ2) is 13.6. The molecule has 1 unspecified atom stereocenters. The highest BCUT2D eigenvalue weighted by Gasteiger charge is 2.34. The van der Waals surface area contributed by atoms with Crippen LogP contribution in [0.15, 0.2) is 78.0 Å². The number of benzene rings is 3. The van der Waals surface area contributed by atoms with Crippen LogP contribution in [0.2, 0.25) is 10.0 Å². The van der Waals surface area contributed by atoms with Crippen LogP contribution in [-0.4, -0.2) is 49.1 Å². The Balaban J connectivity index is 1.44. The molecule has 0 amide bonds. The molecule has 1 aliphatic heterocycles. The van der Waals surface area contributed by atoms with Crippen LogP contribution >= 0.6 is 23.2 Å². The predicted molar refractivity (Wildman–Crippen MR) is 155 cm³/mol. The standard InChI is InChI=1S/C31H36Cl2N2O3/c1-23-7-6-8-24(19-23)21-38-22-30(34-37-2)27(25-11-12-28(32)29(33)20-25)13-16-35-17-14-31(36,15-18-35)26-9-4-3-5-10-26/h3-12,19-20,27,36H,13-18,21-22H2,1-2H3. The van der Waals surface area contributed by atoms with E-state index in [4.69, 9.17) is 32.8 Å². The Hall–Kier alpha value is -2.41. The first-order valence-corrected chi connectivity index (χ1v) is 13.8. The molecule has 0 aliphatic carbocycles. The van der Waals surface area contributed by atoms with E-state index in [0.29, 0.717) is 36.1 Å². The summed E-state index contributed by atoms with van der Waals surface area (Å²) < 4.78 is 6.10. The van der Waals surface area contributed by atoms with Gasteiger partial charge in [0, 0.05) is 19.0 Å². The van der Waals surface area contributed by atoms with Crippen molar-refractivity contribution in [2.75, 3.05) is 33.4 Å². The summed E-state index contributed by atoms with van der Waals surface area (Å²) >= 11 is 12.6. The molecule has 1 fully saturated rings. The van der Waals surface area contributed by atoms with Gasteiger partial charge in [-0.25, -0.2) is 0 Å². The van der Waals surface area contributed by atoms with Crippen LogP contribution in [0.1, 0.15) is 47.4 Å². The fourth-order valence-electron chi connectivity index (χ4n) is 5.13. The molecule has 38 heavy (non-hydrogen) atoms. The van der Waals surface area contributed by atoms with E-state index in [1.54, 1.807) is 7.11 Å². The number of hydrogen-bond donors (Lipinski definition) is 1. The van der Waals surface area contributed by atoms with E-state index in [0.717, 1.165) is 48.5 Å². The topological polar surface area (TPSA) is 54.3 Å². The van der Waals surface area contributed by atoms with Crippen LogP contribution in [0.5, 0.6) is 0 Å². The Morgan fingerprint density at radius 1 is 1.00 bits per heavy atom. The Labute approximate surface area is 236 Å². The van der Waals surface area contributed by atoms with E-state index < -0.39 is 5.60 Å². The lowest BCUT2D eigenvalue weighted by atomic mass is 9.84. The molecule has 0 radical (unpaired) electrons. The molecule has 1 N–H and O–H groups in total. The molecule has 0 saturated carbocycles. The van der Waals surface area contributed by atoms with Gasteiger partial charge in [0.2, 0.25) is 0 Å². The monoisotopic (exact) mass is 554 g/mol. The van der Waals surface area contributed by atoms with E-state index in [1.807, 2.05) is 54.6 Å². The molecule has 0 aromatic heterocycles. The average molecular weight is 556 g/mol. The average Bonchev–Trinajstić information content (AvgIpc) is 2.92. The fourth-order valence-corrected chi connectivity index (χ4v) is 5.44. The van der Waals surface area contributed by atoms with Gasteiger partial charge in [0.25, 0.3) is 0 Å². The van der Waals surface area contributed by atoms with Crippen LogP contribution in [0.4, 0.5) is 0 Å². The van der Waals surface area contributed by atoms with Gasteiger partial charge < -0.3 is 19.6 Å². The molecule has 1 atom stereocenters. The number of hydrogen-bond acceptors (Lipinski definition) is 5. The van der Waals surface area contributed by atoms with Crippen molar-refractivity contribution in [3.8, 4) is 0 Å². The SMILES string of the molecule is CON=C(COCc1cccc(C)c1)C(CCN1CCC(O)(c2ccccc2)CC1)c1ccc(Cl)c(Cl)c1. The molecule has 3 aromatic rings. The number of nitrogens with zero attached hydrogens (tertiary/aromatic N) is 2. The van der Waals surface area contributed by atoms with Crippen molar-refractivity contribution in [3.05, 3.63) is 105 Å². The summed E-state index contributed by atoms with van der Waals surface area (Å²) in [5, 5.41) is 16.6. The summed E-state index contributed by atoms with van der Waals surface area (Å²) in [5.74, 6) is -0.0582. The van der Waals surface area contributed by atoms with Gasteiger partial charge in [0.1, 0.15) is 7.11 Å². The number of aliphatic hydroxyl groups is 1. The van der Waals surface area contributed by atoms with Crippen LogP contribution in [0.3, 0.4) is 0 Å². The molecule has 202 valence electrons. The number of piperidine rings is 1. The number of ether oxygens (including phenoxy) is 1. The molecule has 4 rings (SSSR count). The Morgan fingerprint density at radius 2 is 1.76 bits per heavy atom. The van der Waals surface area contributed by atoms with Crippen molar-refractivity contribution in [3.63, 3.8) is 0 Å². The second-order valence-corrected chi connectivity index (χ2v) is 10.8. The molecule has 1 saturated heterocycles. The number of aryl methyl sites for hydroxylation is 1. The summed E-state index contributed by atoms with van der Waals surface area (Å²) in [5.41, 5.74) is 4.36. The zero-order chi connectivity index (χ0) is 27.0. The lowest BCUT2D eigenvalue weighted by molar-refractivity contribution is -0.0261. The van der Waals surface area contributed by atoms with Gasteiger partial charge in [0.05, 0.1) is 34.6 Å². The first-order chi connectivity index (χ1) is 18.4. The molecular weight excluding hydrogens is 519 g/mol. The smallest absolute Gasteiger partial charge is 0.106 e. The van der Waals surface area contributed by atoms with Gasteiger partial charge in [-0.1, -0.05) is 94.6 Å². The third-order valence-corrected chi connectivity index (χ3v) is 8.03. The van der Waals surface area contributed by atoms with E-state index in [1.165, 1.54) is 5.56 Å². The van der Waals surface area contributed by atoms with Crippen LogP contribution < -0.4 is 0 Å². The van der Waals surface area contributed by atoms with E-state index in [2.05, 4.69) is 35.2 Å². The third-order valence-electron chi connectivity index (χ3n) is 7.29. The summed E-state index contributed by atoms with van der Waals surface area (Å²) in [6, 6.07) is 24.0. The maximum atomic E-state index is 11.2. The molecular formula is C31H36Cl2N2O3. The zero-order valence-corrected chi connectivity index (χ0v) is 23.6. The normalized spacial score (nSPS) is 16.8. The number of oxime groups is 1. The van der Waals surface area contributed by atoms with Crippen molar-refractivity contribution in [1.29, 1.82) is 0 Å². The first-order valence-electron chi connectivity index (χ1n) is 13.1. The van der Waals surface area contributed by atoms with Crippen molar-refractivity contribution in [2.24, 2.45) is 5.16 Å². The van der Waals surface area contributed by atoms with Crippen LogP contribution in [-0.2, 0) is 21.8 Å². The van der Waals surface area contributed by atoms with E-state index >= 15 is 0 Å². The van der Waals surface area contributed by atoms with E-state index in [9.17, 15) is 5.11 Å². The van der Waals surface area contributed by atoms with Crippen molar-refractivity contribution < 1.29 is 14.7 Å². The fraction of sp³-hybridized carbons (Fsp3) is 0.387. The van der Waals surface area contributed by atoms with Crippen molar-refractivity contribution in [2.45, 2.75) is 44.3 Å². The quantitative estimate of drug-likeness (QED) is 0.205. The number of likely N-dealkylation sites (tertiary alicyclic amines) is 1. The van der Waals surface area contributed by atoms with Crippen molar-refractivity contribution >= 4 is 28.9 Å². The summed E-state index contributed by atoms with van der Waals surface area (Å²) in [7, 11) is 1.56. The number of halogens is 2. The highest BCUT2D eigenvalue weighted by molar-refractivity contribution is 6.42. The van der Waals surface area contributed by atoms with Gasteiger partial charge in [-0.15, -0.1) is 0 Å². The Bertz CT molecular complexity index is 1210. The van der Waals surface area contributed by atoms with Gasteiger partial charge >= 0.3 is 0 Å². The van der Waals surface area contributed by atoms with Gasteiger partial charge in [-0.05, 0) is 61.6 Å². The second-order valence-electron chi connectivity index (χ2n) is 10.0. The predicted octanol–water partition coefficient (Wildman–Crippen LogP) is 6.98. The third kappa shape index (κ3) is 7.58. The lowest BCUT2D eigenvalue weighted by Gasteiger charge is -2.39. The molecule has 5 nitrogen and oxygen atoms in total. The van der Waals surface area contributed by atoms with Crippen molar-refractivity contribution in [1.82, 2.24) is 4.90 Å². The molecule has 0 spiro atoms. The molecule has 0 bridgehead atoms. The first kappa shape index (κ1) is 28.6. The minimum atomic E-state index is -0.771. The highest BCUT2D eigenvalue weighted by Crippen LogP contribution is 2.34. The number of rotatable bonds is 11. The Kier molecular flexibility index (Phi) is 10.2. The summed E-state index contributed by atoms with van der Waals surface area (Å²) in [6.45, 7) is 5.38. The molecule has 1 heterocycles. The van der Waals surface area contributed by atoms with Gasteiger partial charge in [-0.3, -0.25) is 0 Å². The molecule has 1 aliphatic rings. The zero-order valence-electron chi connectivity index (χ0n) is 22.1. The minimum absolute atomic E-state index is 0.0582. The van der Waals surface area contributed by atoms with Gasteiger partial charge in [-0.2, -0.15) is 0 Å². The maximum absolute atomic E-state index is 11.2. The van der Waals surface area contributed by atoms with Gasteiger partial charge in [0.15, 0.2) is 0 Å². The maximum Gasteiger partial charge on any atom is 0.106 e. The highest BCUT2D eigenvalue weighted by atomic mass is 35.5. The Morgan fingerprint density at radius 3 is 2.45 bits per heavy atom. The van der Waals surface area contributed by atoms with E-state index in [-0.39, 0.29) is 5.92 Å². The lowest BCUT2D eigenvalue weighted by Crippen LogP contribution is -2.43. The molecule has 3 aromatic carbocycles. The summed E-state index contributed by atoms with van der Waals surface area (Å²) in [6.07, 6.45) is 2.21. The molecule has 7 heteroatoms. The van der Waals surface area contributed by atoms with Crippen LogP contribution in [0.25, 0.3) is 0 Å². The van der Waals surface area contributed by atoms with Crippen LogP contribution in [0, 0.1) is 6.92 Å². The minimum Gasteiger partial charge on any atom is -0.399 e.